The molecule has 27 heavy (non-hydrogen) atoms. The number of anilines is 1. The zero-order valence-electron chi connectivity index (χ0n) is 14.5. The molecule has 1 aromatic carbocycles. The molecular weight excluding hydrogens is 355 g/mol. The molecule has 0 spiro atoms. The van der Waals surface area contributed by atoms with Gasteiger partial charge < -0.3 is 10.6 Å². The van der Waals surface area contributed by atoms with Gasteiger partial charge in [-0.3, -0.25) is 23.6 Å². The summed E-state index contributed by atoms with van der Waals surface area (Å²) >= 11 is 0. The lowest BCUT2D eigenvalue weighted by molar-refractivity contribution is -0.119. The SMILES string of the molecule is Cn1ncc2c(=O)n(CC(=O)N(CCC(N)=O)c3ccc(F)cc3)cnc21. The number of nitrogens with two attached hydrogens (primary N) is 1. The van der Waals surface area contributed by atoms with Gasteiger partial charge in [0.2, 0.25) is 11.8 Å². The van der Waals surface area contributed by atoms with Gasteiger partial charge in [0.1, 0.15) is 24.1 Å². The number of carbonyl (C=O) groups excluding carboxylic acids is 2. The third-order valence-corrected chi connectivity index (χ3v) is 4.04. The Morgan fingerprint density at radius 1 is 1.26 bits per heavy atom. The number of aromatic nitrogens is 4. The third-order valence-electron chi connectivity index (χ3n) is 4.04. The highest BCUT2D eigenvalue weighted by Crippen LogP contribution is 2.16. The van der Waals surface area contributed by atoms with Gasteiger partial charge in [0.25, 0.3) is 5.56 Å². The second-order valence-corrected chi connectivity index (χ2v) is 5.92. The van der Waals surface area contributed by atoms with Crippen LogP contribution in [0, 0.1) is 5.82 Å². The van der Waals surface area contributed by atoms with Crippen molar-refractivity contribution in [3.63, 3.8) is 0 Å². The number of halogens is 1. The van der Waals surface area contributed by atoms with Crippen LogP contribution in [0.2, 0.25) is 0 Å². The summed E-state index contributed by atoms with van der Waals surface area (Å²) < 4.78 is 15.8. The summed E-state index contributed by atoms with van der Waals surface area (Å²) in [5.41, 5.74) is 5.57. The highest BCUT2D eigenvalue weighted by Gasteiger charge is 2.19. The number of benzene rings is 1. The van der Waals surface area contributed by atoms with Gasteiger partial charge in [0.05, 0.1) is 6.20 Å². The van der Waals surface area contributed by atoms with Gasteiger partial charge in [-0.25, -0.2) is 9.37 Å². The molecular formula is C17H17FN6O3. The van der Waals surface area contributed by atoms with Crippen LogP contribution in [0.1, 0.15) is 6.42 Å². The summed E-state index contributed by atoms with van der Waals surface area (Å²) in [5, 5.41) is 4.27. The van der Waals surface area contributed by atoms with E-state index in [1.165, 1.54) is 46.4 Å². The summed E-state index contributed by atoms with van der Waals surface area (Å²) in [4.78, 5) is 41.8. The molecule has 2 amide bonds. The van der Waals surface area contributed by atoms with E-state index >= 15 is 0 Å². The minimum atomic E-state index is -0.578. The van der Waals surface area contributed by atoms with Crippen molar-refractivity contribution in [3.8, 4) is 0 Å². The monoisotopic (exact) mass is 372 g/mol. The molecule has 10 heteroatoms. The second kappa shape index (κ2) is 7.36. The summed E-state index contributed by atoms with van der Waals surface area (Å²) in [6, 6.07) is 5.24. The molecule has 3 rings (SSSR count). The molecule has 140 valence electrons. The van der Waals surface area contributed by atoms with Crippen LogP contribution < -0.4 is 16.2 Å². The zero-order valence-corrected chi connectivity index (χ0v) is 14.5. The van der Waals surface area contributed by atoms with Crippen molar-refractivity contribution in [2.45, 2.75) is 13.0 Å². The Kier molecular flexibility index (Phi) is 4.97. The van der Waals surface area contributed by atoms with Crippen LogP contribution in [0.25, 0.3) is 11.0 Å². The number of aryl methyl sites for hydroxylation is 1. The molecule has 2 aromatic heterocycles. The average Bonchev–Trinajstić information content (AvgIpc) is 3.00. The lowest BCUT2D eigenvalue weighted by Crippen LogP contribution is -2.38. The molecule has 0 saturated carbocycles. The molecule has 0 aliphatic heterocycles. The standard InChI is InChI=1S/C17H17FN6O3/c1-22-16-13(8-21-22)17(27)23(10-20-16)9-15(26)24(7-6-14(19)25)12-4-2-11(18)3-5-12/h2-5,8,10H,6-7,9H2,1H3,(H2,19,25). The van der Waals surface area contributed by atoms with Crippen LogP contribution in [-0.4, -0.2) is 37.7 Å². The Labute approximate surface area is 152 Å². The van der Waals surface area contributed by atoms with Crippen molar-refractivity contribution in [2.24, 2.45) is 12.8 Å². The first-order chi connectivity index (χ1) is 12.9. The maximum Gasteiger partial charge on any atom is 0.264 e. The summed E-state index contributed by atoms with van der Waals surface area (Å²) in [5.74, 6) is -1.50. The van der Waals surface area contributed by atoms with Crippen LogP contribution in [0.4, 0.5) is 10.1 Å². The minimum Gasteiger partial charge on any atom is -0.370 e. The maximum absolute atomic E-state index is 13.2. The summed E-state index contributed by atoms with van der Waals surface area (Å²) in [6.07, 6.45) is 2.58. The number of hydrogen-bond donors (Lipinski definition) is 1. The Balaban J connectivity index is 1.89. The number of nitrogens with zero attached hydrogens (tertiary/aromatic N) is 5. The fourth-order valence-electron chi connectivity index (χ4n) is 2.65. The van der Waals surface area contributed by atoms with Gasteiger partial charge in [0, 0.05) is 25.7 Å². The Hall–Kier alpha value is -3.56. The number of rotatable bonds is 6. The molecule has 2 heterocycles. The van der Waals surface area contributed by atoms with E-state index in [1.807, 2.05) is 0 Å². The lowest BCUT2D eigenvalue weighted by Gasteiger charge is -2.22. The largest absolute Gasteiger partial charge is 0.370 e. The van der Waals surface area contributed by atoms with Crippen LogP contribution in [-0.2, 0) is 23.2 Å². The first kappa shape index (κ1) is 18.2. The molecule has 3 aromatic rings. The first-order valence-corrected chi connectivity index (χ1v) is 8.08. The highest BCUT2D eigenvalue weighted by molar-refractivity contribution is 5.94. The smallest absolute Gasteiger partial charge is 0.264 e. The van der Waals surface area contributed by atoms with Crippen LogP contribution in [0.3, 0.4) is 0 Å². The fraction of sp³-hybridized carbons (Fsp3) is 0.235. The van der Waals surface area contributed by atoms with E-state index in [-0.39, 0.29) is 19.5 Å². The molecule has 2 N–H and O–H groups in total. The van der Waals surface area contributed by atoms with Gasteiger partial charge in [-0.1, -0.05) is 0 Å². The molecule has 0 bridgehead atoms. The van der Waals surface area contributed by atoms with E-state index in [9.17, 15) is 18.8 Å². The summed E-state index contributed by atoms with van der Waals surface area (Å²) in [6.45, 7) is -0.288. The van der Waals surface area contributed by atoms with Crippen molar-refractivity contribution >= 4 is 28.5 Å². The van der Waals surface area contributed by atoms with Crippen molar-refractivity contribution in [1.82, 2.24) is 19.3 Å². The number of fused-ring (bicyclic) bond motifs is 1. The molecule has 0 atom stereocenters. The second-order valence-electron chi connectivity index (χ2n) is 5.92. The minimum absolute atomic E-state index is 0.0110. The number of primary amides is 1. The van der Waals surface area contributed by atoms with E-state index in [0.29, 0.717) is 16.7 Å². The van der Waals surface area contributed by atoms with E-state index in [4.69, 9.17) is 5.73 Å². The van der Waals surface area contributed by atoms with Crippen LogP contribution in [0.15, 0.2) is 41.6 Å². The average molecular weight is 372 g/mol. The summed E-state index contributed by atoms with van der Waals surface area (Å²) in [7, 11) is 1.66. The Bertz CT molecular complexity index is 1060. The molecule has 9 nitrogen and oxygen atoms in total. The molecule has 0 radical (unpaired) electrons. The predicted octanol–water partition coefficient (Wildman–Crippen LogP) is 0.178. The van der Waals surface area contributed by atoms with Crippen molar-refractivity contribution in [3.05, 3.63) is 53.0 Å². The normalized spacial score (nSPS) is 10.9. The molecule has 0 fully saturated rings. The van der Waals surface area contributed by atoms with Gasteiger partial charge in [0.15, 0.2) is 5.65 Å². The van der Waals surface area contributed by atoms with E-state index < -0.39 is 23.2 Å². The van der Waals surface area contributed by atoms with Crippen LogP contribution >= 0.6 is 0 Å². The van der Waals surface area contributed by atoms with Crippen molar-refractivity contribution in [1.29, 1.82) is 0 Å². The maximum atomic E-state index is 13.2. The highest BCUT2D eigenvalue weighted by atomic mass is 19.1. The number of carbonyl (C=O) groups is 2. The van der Waals surface area contributed by atoms with E-state index in [1.54, 1.807) is 7.05 Å². The fourth-order valence-corrected chi connectivity index (χ4v) is 2.65. The van der Waals surface area contributed by atoms with Crippen molar-refractivity contribution in [2.75, 3.05) is 11.4 Å². The number of amides is 2. The van der Waals surface area contributed by atoms with Crippen molar-refractivity contribution < 1.29 is 14.0 Å². The van der Waals surface area contributed by atoms with Crippen LogP contribution in [0.5, 0.6) is 0 Å². The van der Waals surface area contributed by atoms with E-state index in [2.05, 4.69) is 10.1 Å². The Morgan fingerprint density at radius 2 is 1.96 bits per heavy atom. The predicted molar refractivity (Wildman–Crippen MR) is 95.3 cm³/mol. The number of hydrogen-bond acceptors (Lipinski definition) is 5. The van der Waals surface area contributed by atoms with Gasteiger partial charge in [-0.15, -0.1) is 0 Å². The van der Waals surface area contributed by atoms with Gasteiger partial charge in [-0.2, -0.15) is 5.10 Å². The lowest BCUT2D eigenvalue weighted by atomic mass is 10.2. The third kappa shape index (κ3) is 3.84. The molecule has 0 saturated heterocycles. The topological polar surface area (TPSA) is 116 Å². The quantitative estimate of drug-likeness (QED) is 0.662. The van der Waals surface area contributed by atoms with Gasteiger partial charge >= 0.3 is 0 Å². The first-order valence-electron chi connectivity index (χ1n) is 8.08. The zero-order chi connectivity index (χ0) is 19.6. The molecule has 0 unspecified atom stereocenters. The molecule has 0 aliphatic carbocycles. The van der Waals surface area contributed by atoms with E-state index in [0.717, 1.165) is 4.57 Å². The van der Waals surface area contributed by atoms with Gasteiger partial charge in [-0.05, 0) is 24.3 Å². The Morgan fingerprint density at radius 3 is 2.63 bits per heavy atom. The molecule has 0 aliphatic rings.